The van der Waals surface area contributed by atoms with Crippen molar-refractivity contribution in [2.75, 3.05) is 0 Å². The van der Waals surface area contributed by atoms with Gasteiger partial charge in [0, 0.05) is 12.3 Å². The molecule has 2 radical (unpaired) electrons. The fraction of sp³-hybridized carbons (Fsp3) is 0. The lowest BCUT2D eigenvalue weighted by Crippen LogP contribution is -2.45. The fourth-order valence-electron chi connectivity index (χ4n) is 0.856. The smallest absolute Gasteiger partial charge is 0.270 e. The lowest BCUT2D eigenvalue weighted by atomic mass is 10.2. The molecule has 0 bridgehead atoms. The third-order valence-electron chi connectivity index (χ3n) is 1.33. The molecule has 2 rings (SSSR count). The predicted molar refractivity (Wildman–Crippen MR) is 39.8 cm³/mol. The minimum Gasteiger partial charge on any atom is -0.424 e. The SMILES string of the molecule is [B-](n1cccn1)[n+]1ccc[nH]1. The Morgan fingerprint density at radius 1 is 1.45 bits per heavy atom. The predicted octanol–water partition coefficient (Wildman–Crippen LogP) is -0.571. The van der Waals surface area contributed by atoms with Crippen LogP contribution in [0.3, 0.4) is 0 Å². The minimum absolute atomic E-state index is 1.72. The number of nitrogens with one attached hydrogen (secondary N) is 1. The summed E-state index contributed by atoms with van der Waals surface area (Å²) >= 11 is 0. The summed E-state index contributed by atoms with van der Waals surface area (Å²) in [7, 11) is 1.83. The van der Waals surface area contributed by atoms with Crippen LogP contribution in [0.5, 0.6) is 0 Å². The summed E-state index contributed by atoms with van der Waals surface area (Å²) in [5.74, 6) is 0. The summed E-state index contributed by atoms with van der Waals surface area (Å²) < 4.78 is 3.53. The Hall–Kier alpha value is -1.52. The maximum atomic E-state index is 4.01. The highest BCUT2D eigenvalue weighted by atomic mass is 15.3. The molecule has 0 spiro atoms. The zero-order valence-electron chi connectivity index (χ0n) is 5.88. The third kappa shape index (κ3) is 1.31. The van der Waals surface area contributed by atoms with E-state index in [9.17, 15) is 0 Å². The van der Waals surface area contributed by atoms with Crippen molar-refractivity contribution in [2.45, 2.75) is 0 Å². The first-order chi connectivity index (χ1) is 5.45. The quantitative estimate of drug-likeness (QED) is 0.566. The average molecular weight is 146 g/mol. The van der Waals surface area contributed by atoms with Gasteiger partial charge in [-0.1, -0.05) is 0 Å². The van der Waals surface area contributed by atoms with Crippen LogP contribution >= 0.6 is 0 Å². The molecule has 0 aliphatic rings. The second-order valence-corrected chi connectivity index (χ2v) is 2.15. The lowest BCUT2D eigenvalue weighted by molar-refractivity contribution is -0.595. The van der Waals surface area contributed by atoms with Crippen molar-refractivity contribution in [3.05, 3.63) is 36.9 Å². The Bertz CT molecular complexity index is 267. The van der Waals surface area contributed by atoms with E-state index in [1.54, 1.807) is 10.8 Å². The summed E-state index contributed by atoms with van der Waals surface area (Å²) in [6, 6.07) is 3.79. The van der Waals surface area contributed by atoms with Gasteiger partial charge in [-0.2, -0.15) is 0 Å². The summed E-state index contributed by atoms with van der Waals surface area (Å²) in [6.07, 6.45) is 7.36. The molecular formula is C6H7BN4. The number of aromatic amines is 1. The summed E-state index contributed by atoms with van der Waals surface area (Å²) in [5.41, 5.74) is 0. The first-order valence-electron chi connectivity index (χ1n) is 3.34. The van der Waals surface area contributed by atoms with Gasteiger partial charge >= 0.3 is 0 Å². The molecule has 2 heterocycles. The molecule has 0 aliphatic carbocycles. The highest BCUT2D eigenvalue weighted by Gasteiger charge is 1.88. The topological polar surface area (TPSA) is 37.5 Å². The molecular weight excluding hydrogens is 139 g/mol. The molecule has 1 N–H and O–H groups in total. The van der Waals surface area contributed by atoms with E-state index < -0.39 is 0 Å². The Kier molecular flexibility index (Phi) is 1.48. The molecule has 2 aromatic rings. The van der Waals surface area contributed by atoms with Crippen LogP contribution in [-0.2, 0) is 0 Å². The van der Waals surface area contributed by atoms with E-state index in [1.165, 1.54) is 0 Å². The first kappa shape index (κ1) is 6.21. The molecule has 2 aromatic heterocycles. The number of H-pyrrole nitrogens is 1. The van der Waals surface area contributed by atoms with E-state index >= 15 is 0 Å². The normalized spacial score (nSPS) is 10.2. The highest BCUT2D eigenvalue weighted by molar-refractivity contribution is 6.21. The van der Waals surface area contributed by atoms with Crippen LogP contribution in [0.1, 0.15) is 0 Å². The molecule has 0 aliphatic heterocycles. The maximum absolute atomic E-state index is 4.01. The van der Waals surface area contributed by atoms with Gasteiger partial charge in [0.15, 0.2) is 0 Å². The molecule has 4 nitrogen and oxygen atoms in total. The first-order valence-corrected chi connectivity index (χ1v) is 3.34. The molecule has 0 fully saturated rings. The van der Waals surface area contributed by atoms with Crippen LogP contribution in [0.4, 0.5) is 0 Å². The molecule has 0 saturated heterocycles. The number of hydrogen-bond donors (Lipinski definition) is 1. The van der Waals surface area contributed by atoms with E-state index in [1.807, 2.05) is 42.9 Å². The lowest BCUT2D eigenvalue weighted by Gasteiger charge is -2.04. The Morgan fingerprint density at radius 2 is 2.45 bits per heavy atom. The summed E-state index contributed by atoms with van der Waals surface area (Å²) in [4.78, 5) is 0. The van der Waals surface area contributed by atoms with Gasteiger partial charge < -0.3 is 9.19 Å². The standard InChI is InChI=1S/C6H7BN4/c1-3-8-10(5-1)7-11-6-2-4-9-11/h1-6,8H. The maximum Gasteiger partial charge on any atom is 0.270 e. The highest BCUT2D eigenvalue weighted by Crippen LogP contribution is 1.76. The van der Waals surface area contributed by atoms with Gasteiger partial charge in [0.25, 0.3) is 7.55 Å². The van der Waals surface area contributed by atoms with E-state index in [0.29, 0.717) is 0 Å². The number of hydrogen-bond acceptors (Lipinski definition) is 1. The van der Waals surface area contributed by atoms with Crippen LogP contribution in [-0.4, -0.2) is 22.3 Å². The van der Waals surface area contributed by atoms with Crippen LogP contribution in [0.2, 0.25) is 0 Å². The molecule has 0 unspecified atom stereocenters. The van der Waals surface area contributed by atoms with Crippen molar-refractivity contribution >= 4 is 7.55 Å². The zero-order valence-corrected chi connectivity index (χ0v) is 5.88. The molecule has 0 atom stereocenters. The van der Waals surface area contributed by atoms with Crippen molar-refractivity contribution in [3.8, 4) is 0 Å². The largest absolute Gasteiger partial charge is 0.424 e. The van der Waals surface area contributed by atoms with E-state index in [2.05, 4.69) is 10.2 Å². The van der Waals surface area contributed by atoms with Crippen molar-refractivity contribution in [2.24, 2.45) is 0 Å². The van der Waals surface area contributed by atoms with Gasteiger partial charge in [-0.25, -0.2) is 10.2 Å². The van der Waals surface area contributed by atoms with Crippen molar-refractivity contribution in [1.29, 1.82) is 0 Å². The van der Waals surface area contributed by atoms with E-state index in [4.69, 9.17) is 0 Å². The number of nitrogens with zero attached hydrogens (tertiary/aromatic N) is 3. The summed E-state index contributed by atoms with van der Waals surface area (Å²) in [6.45, 7) is 0. The fourth-order valence-corrected chi connectivity index (χ4v) is 0.856. The molecule has 5 heteroatoms. The van der Waals surface area contributed by atoms with E-state index in [0.717, 1.165) is 0 Å². The molecule has 11 heavy (non-hydrogen) atoms. The van der Waals surface area contributed by atoms with Crippen molar-refractivity contribution in [1.82, 2.24) is 14.8 Å². The van der Waals surface area contributed by atoms with Gasteiger partial charge in [0.2, 0.25) is 0 Å². The van der Waals surface area contributed by atoms with Gasteiger partial charge in [0.05, 0.1) is 6.20 Å². The van der Waals surface area contributed by atoms with Crippen molar-refractivity contribution < 1.29 is 4.59 Å². The molecule has 54 valence electrons. The number of aromatic nitrogens is 4. The van der Waals surface area contributed by atoms with Crippen LogP contribution in [0, 0.1) is 0 Å². The summed E-state index contributed by atoms with van der Waals surface area (Å²) in [5, 5.41) is 6.99. The van der Waals surface area contributed by atoms with Crippen molar-refractivity contribution in [3.63, 3.8) is 0 Å². The Balaban J connectivity index is 2.14. The minimum atomic E-state index is 1.72. The zero-order chi connectivity index (χ0) is 7.52. The number of rotatable bonds is 2. The second kappa shape index (κ2) is 2.61. The Labute approximate surface area is 64.7 Å². The molecule has 0 amide bonds. The Morgan fingerprint density at radius 3 is 3.09 bits per heavy atom. The van der Waals surface area contributed by atoms with Crippen LogP contribution in [0.15, 0.2) is 36.9 Å². The monoisotopic (exact) mass is 146 g/mol. The second-order valence-electron chi connectivity index (χ2n) is 2.15. The molecule has 0 aromatic carbocycles. The van der Waals surface area contributed by atoms with Gasteiger partial charge in [-0.05, 0) is 12.3 Å². The third-order valence-corrected chi connectivity index (χ3v) is 1.33. The van der Waals surface area contributed by atoms with Gasteiger partial charge in [-0.15, -0.1) is 0 Å². The van der Waals surface area contributed by atoms with Crippen LogP contribution < -0.4 is 4.59 Å². The molecule has 0 saturated carbocycles. The van der Waals surface area contributed by atoms with Gasteiger partial charge in [-0.3, -0.25) is 0 Å². The van der Waals surface area contributed by atoms with Gasteiger partial charge in [0.1, 0.15) is 6.20 Å². The van der Waals surface area contributed by atoms with E-state index in [-0.39, 0.29) is 0 Å². The average Bonchev–Trinajstić information content (AvgIpc) is 2.60. The van der Waals surface area contributed by atoms with Crippen LogP contribution in [0.25, 0.3) is 0 Å².